The molecule has 0 atom stereocenters. The maximum Gasteiger partial charge on any atom is 0.123 e. The average Bonchev–Trinajstić information content (AvgIpc) is 2.87. The number of hydrogen-bond acceptors (Lipinski definition) is 4. The zero-order valence-corrected chi connectivity index (χ0v) is 13.3. The Morgan fingerprint density at radius 1 is 1.26 bits per heavy atom. The fraction of sp³-hybridized carbons (Fsp3) is 0.400. The second kappa shape index (κ2) is 7.08. The number of aromatic nitrogens is 1. The number of thiazole rings is 1. The normalized spacial score (nSPS) is 11.2. The summed E-state index contributed by atoms with van der Waals surface area (Å²) in [6.45, 7) is 6.41. The second-order valence-corrected chi connectivity index (χ2v) is 6.88. The number of hydrogen-bond donors (Lipinski definition) is 1. The standard InChI is InChI=1S/C15H20N2S2/c1-11(2)8-16-9-14-10-17-15(19-14)12-4-6-13(18-3)7-5-12/h4-7,10-11,16H,8-9H2,1-3H3. The van der Waals surface area contributed by atoms with Crippen LogP contribution < -0.4 is 5.32 Å². The van der Waals surface area contributed by atoms with Crippen LogP contribution in [0.15, 0.2) is 35.4 Å². The van der Waals surface area contributed by atoms with Crippen molar-refractivity contribution in [3.8, 4) is 10.6 Å². The molecule has 19 heavy (non-hydrogen) atoms. The molecule has 0 bridgehead atoms. The van der Waals surface area contributed by atoms with Crippen LogP contribution in [0.1, 0.15) is 18.7 Å². The van der Waals surface area contributed by atoms with Gasteiger partial charge in [-0.3, -0.25) is 0 Å². The van der Waals surface area contributed by atoms with Gasteiger partial charge in [0.2, 0.25) is 0 Å². The Bertz CT molecular complexity index is 503. The minimum atomic E-state index is 0.687. The monoisotopic (exact) mass is 292 g/mol. The van der Waals surface area contributed by atoms with E-state index < -0.39 is 0 Å². The zero-order chi connectivity index (χ0) is 13.7. The predicted molar refractivity (Wildman–Crippen MR) is 85.9 cm³/mol. The third-order valence-electron chi connectivity index (χ3n) is 2.74. The molecule has 0 aliphatic heterocycles. The minimum Gasteiger partial charge on any atom is -0.312 e. The highest BCUT2D eigenvalue weighted by Crippen LogP contribution is 2.27. The summed E-state index contributed by atoms with van der Waals surface area (Å²) in [7, 11) is 0. The van der Waals surface area contributed by atoms with Crippen LogP contribution in [-0.2, 0) is 6.54 Å². The molecule has 0 fully saturated rings. The summed E-state index contributed by atoms with van der Waals surface area (Å²) >= 11 is 3.54. The summed E-state index contributed by atoms with van der Waals surface area (Å²) in [6, 6.07) is 8.60. The number of nitrogens with zero attached hydrogens (tertiary/aromatic N) is 1. The van der Waals surface area contributed by atoms with Crippen molar-refractivity contribution in [1.29, 1.82) is 0 Å². The number of nitrogens with one attached hydrogen (secondary N) is 1. The van der Waals surface area contributed by atoms with Gasteiger partial charge in [0.1, 0.15) is 5.01 Å². The fourth-order valence-corrected chi connectivity index (χ4v) is 3.04. The lowest BCUT2D eigenvalue weighted by Crippen LogP contribution is -2.18. The van der Waals surface area contributed by atoms with Gasteiger partial charge < -0.3 is 5.32 Å². The van der Waals surface area contributed by atoms with E-state index in [0.29, 0.717) is 5.92 Å². The molecule has 1 N–H and O–H groups in total. The summed E-state index contributed by atoms with van der Waals surface area (Å²) in [4.78, 5) is 7.10. The fourth-order valence-electron chi connectivity index (χ4n) is 1.74. The SMILES string of the molecule is CSc1ccc(-c2ncc(CNCC(C)C)s2)cc1. The summed E-state index contributed by atoms with van der Waals surface area (Å²) < 4.78 is 0. The van der Waals surface area contributed by atoms with Crippen molar-refractivity contribution >= 4 is 23.1 Å². The molecule has 0 unspecified atom stereocenters. The van der Waals surface area contributed by atoms with E-state index in [0.717, 1.165) is 18.1 Å². The van der Waals surface area contributed by atoms with Crippen molar-refractivity contribution in [3.63, 3.8) is 0 Å². The summed E-state index contributed by atoms with van der Waals surface area (Å²) in [5, 5.41) is 4.56. The van der Waals surface area contributed by atoms with Crippen LogP contribution in [0.4, 0.5) is 0 Å². The van der Waals surface area contributed by atoms with Gasteiger partial charge in [0, 0.05) is 28.1 Å². The molecule has 0 saturated carbocycles. The highest BCUT2D eigenvalue weighted by molar-refractivity contribution is 7.98. The Morgan fingerprint density at radius 3 is 2.63 bits per heavy atom. The van der Waals surface area contributed by atoms with Crippen molar-refractivity contribution in [2.75, 3.05) is 12.8 Å². The van der Waals surface area contributed by atoms with Gasteiger partial charge in [-0.15, -0.1) is 23.1 Å². The predicted octanol–water partition coefficient (Wildman–Crippen LogP) is 4.28. The first-order valence-electron chi connectivity index (χ1n) is 6.49. The number of rotatable bonds is 6. The van der Waals surface area contributed by atoms with Gasteiger partial charge in [-0.1, -0.05) is 26.0 Å². The molecule has 2 rings (SSSR count). The molecule has 0 saturated heterocycles. The largest absolute Gasteiger partial charge is 0.312 e. The Hall–Kier alpha value is -0.840. The lowest BCUT2D eigenvalue weighted by atomic mass is 10.2. The molecule has 2 aromatic rings. The molecule has 1 heterocycles. The molecular formula is C15H20N2S2. The first-order valence-corrected chi connectivity index (χ1v) is 8.53. The average molecular weight is 292 g/mol. The summed E-state index contributed by atoms with van der Waals surface area (Å²) in [5.74, 6) is 0.687. The molecule has 0 spiro atoms. The van der Waals surface area contributed by atoms with Gasteiger partial charge in [0.25, 0.3) is 0 Å². The van der Waals surface area contributed by atoms with Crippen LogP contribution in [0.25, 0.3) is 10.6 Å². The van der Waals surface area contributed by atoms with E-state index in [-0.39, 0.29) is 0 Å². The molecule has 0 aliphatic rings. The lowest BCUT2D eigenvalue weighted by molar-refractivity contribution is 0.554. The molecule has 4 heteroatoms. The Kier molecular flexibility index (Phi) is 5.43. The third kappa shape index (κ3) is 4.34. The third-order valence-corrected chi connectivity index (χ3v) is 4.53. The summed E-state index contributed by atoms with van der Waals surface area (Å²) in [5.41, 5.74) is 1.21. The van der Waals surface area contributed by atoms with E-state index in [1.54, 1.807) is 23.1 Å². The maximum absolute atomic E-state index is 4.51. The molecule has 0 amide bonds. The molecule has 0 radical (unpaired) electrons. The summed E-state index contributed by atoms with van der Waals surface area (Å²) in [6.07, 6.45) is 4.08. The van der Waals surface area contributed by atoms with E-state index in [1.807, 2.05) is 6.20 Å². The molecular weight excluding hydrogens is 272 g/mol. The highest BCUT2D eigenvalue weighted by Gasteiger charge is 2.05. The van der Waals surface area contributed by atoms with Crippen LogP contribution in [0.5, 0.6) is 0 Å². The van der Waals surface area contributed by atoms with E-state index in [1.165, 1.54) is 15.3 Å². The quantitative estimate of drug-likeness (QED) is 0.805. The van der Waals surface area contributed by atoms with Crippen molar-refractivity contribution < 1.29 is 0 Å². The molecule has 102 valence electrons. The molecule has 2 nitrogen and oxygen atoms in total. The number of benzene rings is 1. The zero-order valence-electron chi connectivity index (χ0n) is 11.6. The smallest absolute Gasteiger partial charge is 0.123 e. The van der Waals surface area contributed by atoms with Gasteiger partial charge in [0.05, 0.1) is 0 Å². The van der Waals surface area contributed by atoms with Gasteiger partial charge in [0.15, 0.2) is 0 Å². The second-order valence-electron chi connectivity index (χ2n) is 4.88. The Morgan fingerprint density at radius 2 is 2.00 bits per heavy atom. The highest BCUT2D eigenvalue weighted by atomic mass is 32.2. The molecule has 0 aliphatic carbocycles. The number of thioether (sulfide) groups is 1. The molecule has 1 aromatic carbocycles. The minimum absolute atomic E-state index is 0.687. The van der Waals surface area contributed by atoms with Crippen LogP contribution in [0.2, 0.25) is 0 Å². The van der Waals surface area contributed by atoms with Gasteiger partial charge in [-0.05, 0) is 30.9 Å². The topological polar surface area (TPSA) is 24.9 Å². The van der Waals surface area contributed by atoms with Gasteiger partial charge >= 0.3 is 0 Å². The Balaban J connectivity index is 1.99. The van der Waals surface area contributed by atoms with Crippen LogP contribution in [0.3, 0.4) is 0 Å². The van der Waals surface area contributed by atoms with E-state index in [9.17, 15) is 0 Å². The van der Waals surface area contributed by atoms with Crippen molar-refractivity contribution in [3.05, 3.63) is 35.3 Å². The van der Waals surface area contributed by atoms with Gasteiger partial charge in [-0.25, -0.2) is 4.98 Å². The van der Waals surface area contributed by atoms with Crippen molar-refractivity contribution in [1.82, 2.24) is 10.3 Å². The first kappa shape index (κ1) is 14.6. The van der Waals surface area contributed by atoms with Crippen LogP contribution in [0, 0.1) is 5.92 Å². The van der Waals surface area contributed by atoms with Crippen molar-refractivity contribution in [2.24, 2.45) is 5.92 Å². The van der Waals surface area contributed by atoms with E-state index in [4.69, 9.17) is 0 Å². The van der Waals surface area contributed by atoms with E-state index in [2.05, 4.69) is 54.7 Å². The Labute approximate surface area is 123 Å². The van der Waals surface area contributed by atoms with E-state index >= 15 is 0 Å². The molecule has 1 aromatic heterocycles. The lowest BCUT2D eigenvalue weighted by Gasteiger charge is -2.04. The first-order chi connectivity index (χ1) is 9.19. The maximum atomic E-state index is 4.51. The van der Waals surface area contributed by atoms with Crippen molar-refractivity contribution in [2.45, 2.75) is 25.3 Å². The van der Waals surface area contributed by atoms with Crippen LogP contribution >= 0.6 is 23.1 Å². The van der Waals surface area contributed by atoms with Crippen LogP contribution in [-0.4, -0.2) is 17.8 Å². The van der Waals surface area contributed by atoms with Gasteiger partial charge in [-0.2, -0.15) is 0 Å².